The second-order valence-corrected chi connectivity index (χ2v) is 4.88. The minimum Gasteiger partial charge on any atom is -0.379 e. The van der Waals surface area contributed by atoms with Gasteiger partial charge in [0.25, 0.3) is 0 Å². The number of hydrogen-bond acceptors (Lipinski definition) is 3. The lowest BCUT2D eigenvalue weighted by atomic mass is 10.0. The van der Waals surface area contributed by atoms with Crippen molar-refractivity contribution in [1.29, 1.82) is 0 Å². The molecule has 4 nitrogen and oxygen atoms in total. The molecule has 0 amide bonds. The van der Waals surface area contributed by atoms with E-state index in [1.807, 2.05) is 13.1 Å². The van der Waals surface area contributed by atoms with Crippen LogP contribution in [0.1, 0.15) is 31.2 Å². The summed E-state index contributed by atoms with van der Waals surface area (Å²) < 4.78 is 7.21. The highest BCUT2D eigenvalue weighted by molar-refractivity contribution is 5.00. The van der Waals surface area contributed by atoms with Gasteiger partial charge in [-0.15, -0.1) is 0 Å². The van der Waals surface area contributed by atoms with Crippen molar-refractivity contribution >= 4 is 0 Å². The zero-order chi connectivity index (χ0) is 12.3. The van der Waals surface area contributed by atoms with Crippen LogP contribution in [0.5, 0.6) is 0 Å². The first-order chi connectivity index (χ1) is 8.20. The van der Waals surface area contributed by atoms with E-state index >= 15 is 0 Å². The highest BCUT2D eigenvalue weighted by Gasteiger charge is 2.25. The van der Waals surface area contributed by atoms with Crippen LogP contribution in [0.3, 0.4) is 0 Å². The molecule has 2 rings (SSSR count). The molecule has 0 radical (unpaired) electrons. The van der Waals surface area contributed by atoms with Gasteiger partial charge in [-0.3, -0.25) is 4.57 Å². The van der Waals surface area contributed by atoms with Gasteiger partial charge in [0.1, 0.15) is 0 Å². The average molecular weight is 236 g/mol. The molecule has 0 bridgehead atoms. The van der Waals surface area contributed by atoms with E-state index in [2.05, 4.69) is 4.98 Å². The minimum atomic E-state index is -0.185. The molecule has 94 valence electrons. The van der Waals surface area contributed by atoms with Gasteiger partial charge in [0.15, 0.2) is 0 Å². The largest absolute Gasteiger partial charge is 0.379 e. The Kier molecular flexibility index (Phi) is 3.94. The summed E-state index contributed by atoms with van der Waals surface area (Å²) in [5.74, 6) is 0.590. The zero-order valence-corrected chi connectivity index (χ0v) is 10.6. The minimum absolute atomic E-state index is 0.138. The molecule has 1 fully saturated rings. The molecule has 1 aliphatic carbocycles. The number of ether oxygens (including phenoxy) is 1. The molecule has 1 unspecified atom stereocenters. The summed E-state index contributed by atoms with van der Waals surface area (Å²) in [6.07, 6.45) is 8.60. The van der Waals surface area contributed by atoms with Gasteiger partial charge >= 0.3 is 5.69 Å². The molecule has 1 atom stereocenters. The zero-order valence-electron chi connectivity index (χ0n) is 10.6. The number of rotatable bonds is 4. The van der Waals surface area contributed by atoms with Crippen molar-refractivity contribution in [1.82, 2.24) is 9.55 Å². The first kappa shape index (κ1) is 12.3. The van der Waals surface area contributed by atoms with E-state index in [-0.39, 0.29) is 11.8 Å². The van der Waals surface area contributed by atoms with E-state index < -0.39 is 0 Å². The smallest absolute Gasteiger partial charge is 0.347 e. The maximum atomic E-state index is 11.6. The van der Waals surface area contributed by atoms with Crippen LogP contribution in [-0.4, -0.2) is 22.8 Å². The van der Waals surface area contributed by atoms with Crippen LogP contribution in [0, 0.1) is 12.8 Å². The third-order valence-corrected chi connectivity index (χ3v) is 3.59. The van der Waals surface area contributed by atoms with Gasteiger partial charge in [0.05, 0.1) is 12.6 Å². The van der Waals surface area contributed by atoms with Crippen molar-refractivity contribution in [2.45, 2.75) is 45.3 Å². The summed E-state index contributed by atoms with van der Waals surface area (Å²) in [5.41, 5.74) is 0.821. The molecule has 0 aromatic carbocycles. The SMILES string of the molecule is COC(Cn1cc(C)cnc1=O)C1CCCC1. The normalized spacial score (nSPS) is 18.5. The van der Waals surface area contributed by atoms with Crippen LogP contribution >= 0.6 is 0 Å². The number of methoxy groups -OCH3 is 1. The van der Waals surface area contributed by atoms with Crippen LogP contribution in [0.2, 0.25) is 0 Å². The van der Waals surface area contributed by atoms with Crippen LogP contribution < -0.4 is 5.69 Å². The summed E-state index contributed by atoms with van der Waals surface area (Å²) in [5, 5.41) is 0. The summed E-state index contributed by atoms with van der Waals surface area (Å²) >= 11 is 0. The number of aromatic nitrogens is 2. The average Bonchev–Trinajstić information content (AvgIpc) is 2.84. The predicted octanol–water partition coefficient (Wildman–Crippen LogP) is 1.76. The number of aryl methyl sites for hydroxylation is 1. The topological polar surface area (TPSA) is 44.1 Å². The fourth-order valence-electron chi connectivity index (χ4n) is 2.64. The van der Waals surface area contributed by atoms with Gasteiger partial charge < -0.3 is 4.74 Å². The molecule has 0 spiro atoms. The van der Waals surface area contributed by atoms with E-state index in [4.69, 9.17) is 4.74 Å². The molecule has 4 heteroatoms. The third kappa shape index (κ3) is 2.94. The number of nitrogens with zero attached hydrogens (tertiary/aromatic N) is 2. The second-order valence-electron chi connectivity index (χ2n) is 4.88. The maximum absolute atomic E-state index is 11.6. The van der Waals surface area contributed by atoms with Crippen LogP contribution in [0.25, 0.3) is 0 Å². The van der Waals surface area contributed by atoms with Gasteiger partial charge in [-0.25, -0.2) is 9.78 Å². The predicted molar refractivity (Wildman–Crippen MR) is 66.0 cm³/mol. The van der Waals surface area contributed by atoms with Crippen molar-refractivity contribution in [2.24, 2.45) is 5.92 Å². The Bertz CT molecular complexity index is 422. The Labute approximate surface area is 102 Å². The molecule has 1 saturated carbocycles. The Morgan fingerprint density at radius 1 is 1.53 bits per heavy atom. The Morgan fingerprint density at radius 2 is 2.24 bits per heavy atom. The van der Waals surface area contributed by atoms with Crippen molar-refractivity contribution in [3.8, 4) is 0 Å². The fraction of sp³-hybridized carbons (Fsp3) is 0.692. The third-order valence-electron chi connectivity index (χ3n) is 3.59. The maximum Gasteiger partial charge on any atom is 0.347 e. The molecular formula is C13H20N2O2. The van der Waals surface area contributed by atoms with Crippen LogP contribution in [0.4, 0.5) is 0 Å². The van der Waals surface area contributed by atoms with E-state index in [0.29, 0.717) is 12.5 Å². The highest BCUT2D eigenvalue weighted by Crippen LogP contribution is 2.29. The highest BCUT2D eigenvalue weighted by atomic mass is 16.5. The first-order valence-electron chi connectivity index (χ1n) is 6.26. The summed E-state index contributed by atoms with van der Waals surface area (Å²) in [4.78, 5) is 15.5. The Hall–Kier alpha value is -1.16. The van der Waals surface area contributed by atoms with E-state index in [1.54, 1.807) is 17.9 Å². The molecular weight excluding hydrogens is 216 g/mol. The van der Waals surface area contributed by atoms with Gasteiger partial charge in [-0.1, -0.05) is 12.8 Å². The van der Waals surface area contributed by atoms with Gasteiger partial charge in [-0.05, 0) is 31.2 Å². The lowest BCUT2D eigenvalue weighted by Gasteiger charge is -2.22. The van der Waals surface area contributed by atoms with Crippen molar-refractivity contribution in [2.75, 3.05) is 7.11 Å². The molecule has 1 aromatic rings. The van der Waals surface area contributed by atoms with Crippen molar-refractivity contribution < 1.29 is 4.74 Å². The van der Waals surface area contributed by atoms with Gasteiger partial charge in [-0.2, -0.15) is 0 Å². The molecule has 1 aliphatic rings. The fourth-order valence-corrected chi connectivity index (χ4v) is 2.64. The first-order valence-corrected chi connectivity index (χ1v) is 6.26. The molecule has 0 aliphatic heterocycles. The molecule has 0 saturated heterocycles. The lowest BCUT2D eigenvalue weighted by Crippen LogP contribution is -2.32. The Balaban J connectivity index is 2.11. The molecule has 1 aromatic heterocycles. The second kappa shape index (κ2) is 5.45. The van der Waals surface area contributed by atoms with Crippen LogP contribution in [0.15, 0.2) is 17.2 Å². The summed E-state index contributed by atoms with van der Waals surface area (Å²) in [7, 11) is 1.73. The standard InChI is InChI=1S/C13H20N2O2/c1-10-7-14-13(16)15(8-10)9-12(17-2)11-5-3-4-6-11/h7-8,11-12H,3-6,9H2,1-2H3. The lowest BCUT2D eigenvalue weighted by molar-refractivity contribution is 0.0397. The summed E-state index contributed by atoms with van der Waals surface area (Å²) in [6, 6.07) is 0. The monoisotopic (exact) mass is 236 g/mol. The van der Waals surface area contributed by atoms with Gasteiger partial charge in [0, 0.05) is 19.5 Å². The van der Waals surface area contributed by atoms with E-state index in [1.165, 1.54) is 25.7 Å². The molecule has 0 N–H and O–H groups in total. The van der Waals surface area contributed by atoms with Gasteiger partial charge in [0.2, 0.25) is 0 Å². The van der Waals surface area contributed by atoms with Crippen LogP contribution in [-0.2, 0) is 11.3 Å². The van der Waals surface area contributed by atoms with E-state index in [0.717, 1.165) is 5.56 Å². The van der Waals surface area contributed by atoms with E-state index in [9.17, 15) is 4.79 Å². The van der Waals surface area contributed by atoms with Crippen molar-refractivity contribution in [3.63, 3.8) is 0 Å². The quantitative estimate of drug-likeness (QED) is 0.800. The number of hydrogen-bond donors (Lipinski definition) is 0. The molecule has 1 heterocycles. The molecule has 17 heavy (non-hydrogen) atoms. The van der Waals surface area contributed by atoms with Crippen molar-refractivity contribution in [3.05, 3.63) is 28.4 Å². The Morgan fingerprint density at radius 3 is 2.88 bits per heavy atom. The summed E-state index contributed by atoms with van der Waals surface area (Å²) in [6.45, 7) is 2.56.